The normalized spacial score (nSPS) is 17.2. The lowest BCUT2D eigenvalue weighted by molar-refractivity contribution is 0.297. The van der Waals surface area contributed by atoms with Gasteiger partial charge >= 0.3 is 0 Å². The first-order chi connectivity index (χ1) is 10.3. The van der Waals surface area contributed by atoms with E-state index in [1.54, 1.807) is 4.68 Å². The lowest BCUT2D eigenvalue weighted by Crippen LogP contribution is -2.38. The zero-order chi connectivity index (χ0) is 14.5. The van der Waals surface area contributed by atoms with E-state index in [1.807, 2.05) is 30.3 Å². The minimum absolute atomic E-state index is 0.434. The Kier molecular flexibility index (Phi) is 4.57. The van der Waals surface area contributed by atoms with Gasteiger partial charge in [-0.15, -0.1) is 5.10 Å². The van der Waals surface area contributed by atoms with E-state index in [4.69, 9.17) is 0 Å². The molecule has 3 rings (SSSR count). The van der Waals surface area contributed by atoms with Gasteiger partial charge in [0.2, 0.25) is 0 Å². The number of aromatic nitrogens is 4. The highest BCUT2D eigenvalue weighted by molar-refractivity contribution is 5.30. The predicted octanol–water partition coefficient (Wildman–Crippen LogP) is 1.24. The fourth-order valence-corrected chi connectivity index (χ4v) is 2.77. The number of benzene rings is 1. The maximum Gasteiger partial charge on any atom is 0.170 e. The van der Waals surface area contributed by atoms with E-state index in [1.165, 1.54) is 25.9 Å². The van der Waals surface area contributed by atoms with Crippen molar-refractivity contribution in [2.75, 3.05) is 19.6 Å². The van der Waals surface area contributed by atoms with Crippen LogP contribution in [0.15, 0.2) is 30.3 Å². The van der Waals surface area contributed by atoms with Gasteiger partial charge in [-0.25, -0.2) is 0 Å². The third-order valence-electron chi connectivity index (χ3n) is 3.87. The molecule has 6 nitrogen and oxygen atoms in total. The molecular formula is C15H22N6. The highest BCUT2D eigenvalue weighted by atomic mass is 15.5. The van der Waals surface area contributed by atoms with Crippen LogP contribution in [0.4, 0.5) is 0 Å². The summed E-state index contributed by atoms with van der Waals surface area (Å²) in [7, 11) is 0. The second-order valence-electron chi connectivity index (χ2n) is 5.63. The average Bonchev–Trinajstić information content (AvgIpc) is 3.17. The zero-order valence-electron chi connectivity index (χ0n) is 12.4. The molecule has 1 atom stereocenters. The SMILES string of the molecule is CC(CN1CCCC1)NCc1nnnn1-c1ccccc1. The molecule has 0 bridgehead atoms. The van der Waals surface area contributed by atoms with Gasteiger partial charge in [0.1, 0.15) is 0 Å². The first-order valence-corrected chi connectivity index (χ1v) is 7.61. The molecule has 2 heterocycles. The number of nitrogens with zero attached hydrogens (tertiary/aromatic N) is 5. The molecule has 1 aromatic heterocycles. The van der Waals surface area contributed by atoms with Crippen LogP contribution in [0.1, 0.15) is 25.6 Å². The Morgan fingerprint density at radius 3 is 2.71 bits per heavy atom. The van der Waals surface area contributed by atoms with Crippen molar-refractivity contribution in [1.29, 1.82) is 0 Å². The predicted molar refractivity (Wildman–Crippen MR) is 81.1 cm³/mol. The molecular weight excluding hydrogens is 264 g/mol. The van der Waals surface area contributed by atoms with Gasteiger partial charge in [0.25, 0.3) is 0 Å². The molecule has 6 heteroatoms. The number of tetrazole rings is 1. The van der Waals surface area contributed by atoms with Gasteiger partial charge in [-0.05, 0) is 55.4 Å². The fraction of sp³-hybridized carbons (Fsp3) is 0.533. The zero-order valence-corrected chi connectivity index (χ0v) is 12.4. The van der Waals surface area contributed by atoms with Crippen LogP contribution < -0.4 is 5.32 Å². The third kappa shape index (κ3) is 3.65. The van der Waals surface area contributed by atoms with Crippen molar-refractivity contribution in [2.45, 2.75) is 32.4 Å². The van der Waals surface area contributed by atoms with Gasteiger partial charge in [0, 0.05) is 12.6 Å². The van der Waals surface area contributed by atoms with Crippen LogP contribution in [0.25, 0.3) is 5.69 Å². The molecule has 0 aliphatic carbocycles. The Labute approximate surface area is 125 Å². The fourth-order valence-electron chi connectivity index (χ4n) is 2.77. The second kappa shape index (κ2) is 6.78. The lowest BCUT2D eigenvalue weighted by atomic mass is 10.3. The van der Waals surface area contributed by atoms with Crippen molar-refractivity contribution in [1.82, 2.24) is 30.4 Å². The maximum absolute atomic E-state index is 4.12. The van der Waals surface area contributed by atoms with Gasteiger partial charge in [-0.3, -0.25) is 0 Å². The van der Waals surface area contributed by atoms with Crippen molar-refractivity contribution in [3.8, 4) is 5.69 Å². The molecule has 1 N–H and O–H groups in total. The maximum atomic E-state index is 4.12. The highest BCUT2D eigenvalue weighted by Gasteiger charge is 2.15. The number of hydrogen-bond donors (Lipinski definition) is 1. The first kappa shape index (κ1) is 14.2. The second-order valence-corrected chi connectivity index (χ2v) is 5.63. The molecule has 0 spiro atoms. The van der Waals surface area contributed by atoms with E-state index in [0.29, 0.717) is 12.6 Å². The Morgan fingerprint density at radius 2 is 1.95 bits per heavy atom. The summed E-state index contributed by atoms with van der Waals surface area (Å²) in [6.45, 7) is 6.44. The summed E-state index contributed by atoms with van der Waals surface area (Å²) >= 11 is 0. The van der Waals surface area contributed by atoms with Gasteiger partial charge in [-0.1, -0.05) is 18.2 Å². The van der Waals surface area contributed by atoms with Crippen LogP contribution in [0.2, 0.25) is 0 Å². The van der Waals surface area contributed by atoms with Gasteiger partial charge in [0.15, 0.2) is 5.82 Å². The molecule has 1 unspecified atom stereocenters. The molecule has 112 valence electrons. The number of hydrogen-bond acceptors (Lipinski definition) is 5. The smallest absolute Gasteiger partial charge is 0.170 e. The van der Waals surface area contributed by atoms with E-state index in [-0.39, 0.29) is 0 Å². The summed E-state index contributed by atoms with van der Waals surface area (Å²) in [6, 6.07) is 10.4. The summed E-state index contributed by atoms with van der Waals surface area (Å²) in [5.74, 6) is 0.842. The quantitative estimate of drug-likeness (QED) is 0.865. The van der Waals surface area contributed by atoms with Gasteiger partial charge < -0.3 is 10.2 Å². The average molecular weight is 286 g/mol. The molecule has 1 aromatic carbocycles. The molecule has 1 fully saturated rings. The van der Waals surface area contributed by atoms with Crippen molar-refractivity contribution >= 4 is 0 Å². The topological polar surface area (TPSA) is 58.9 Å². The monoisotopic (exact) mass is 286 g/mol. The standard InChI is InChI=1S/C15H22N6/c1-13(12-20-9-5-6-10-20)16-11-15-17-18-19-21(15)14-7-3-2-4-8-14/h2-4,7-8,13,16H,5-6,9-12H2,1H3. The van der Waals surface area contributed by atoms with Crippen LogP contribution in [0, 0.1) is 0 Å². The summed E-state index contributed by atoms with van der Waals surface area (Å²) in [5.41, 5.74) is 0.992. The van der Waals surface area contributed by atoms with E-state index >= 15 is 0 Å². The van der Waals surface area contributed by atoms with Gasteiger partial charge in [-0.2, -0.15) is 4.68 Å². The summed E-state index contributed by atoms with van der Waals surface area (Å²) in [5, 5.41) is 15.5. The Bertz CT molecular complexity index is 546. The van der Waals surface area contributed by atoms with Crippen LogP contribution >= 0.6 is 0 Å². The third-order valence-corrected chi connectivity index (χ3v) is 3.87. The summed E-state index contributed by atoms with van der Waals surface area (Å²) < 4.78 is 1.79. The summed E-state index contributed by atoms with van der Waals surface area (Å²) in [6.07, 6.45) is 2.66. The van der Waals surface area contributed by atoms with Crippen molar-refractivity contribution < 1.29 is 0 Å². The number of para-hydroxylation sites is 1. The number of rotatable bonds is 6. The van der Waals surface area contributed by atoms with E-state index in [2.05, 4.69) is 32.7 Å². The first-order valence-electron chi connectivity index (χ1n) is 7.61. The number of likely N-dealkylation sites (tertiary alicyclic amines) is 1. The van der Waals surface area contributed by atoms with Crippen molar-refractivity contribution in [3.05, 3.63) is 36.2 Å². The molecule has 1 aliphatic heterocycles. The minimum Gasteiger partial charge on any atom is -0.306 e. The van der Waals surface area contributed by atoms with Gasteiger partial charge in [0.05, 0.1) is 12.2 Å². The van der Waals surface area contributed by atoms with E-state index < -0.39 is 0 Å². The molecule has 21 heavy (non-hydrogen) atoms. The van der Waals surface area contributed by atoms with E-state index in [9.17, 15) is 0 Å². The van der Waals surface area contributed by atoms with Crippen LogP contribution in [-0.2, 0) is 6.54 Å². The molecule has 0 amide bonds. The molecule has 1 aliphatic rings. The van der Waals surface area contributed by atoms with E-state index in [0.717, 1.165) is 18.1 Å². The molecule has 0 radical (unpaired) electrons. The van der Waals surface area contributed by atoms with Crippen LogP contribution in [0.5, 0.6) is 0 Å². The lowest BCUT2D eigenvalue weighted by Gasteiger charge is -2.21. The van der Waals surface area contributed by atoms with Crippen LogP contribution in [0.3, 0.4) is 0 Å². The van der Waals surface area contributed by atoms with Crippen molar-refractivity contribution in [3.63, 3.8) is 0 Å². The van der Waals surface area contributed by atoms with Crippen LogP contribution in [-0.4, -0.2) is 50.8 Å². The molecule has 0 saturated carbocycles. The molecule has 2 aromatic rings. The highest BCUT2D eigenvalue weighted by Crippen LogP contribution is 2.09. The largest absolute Gasteiger partial charge is 0.306 e. The Morgan fingerprint density at radius 1 is 1.19 bits per heavy atom. The Balaban J connectivity index is 1.57. The Hall–Kier alpha value is -1.79. The van der Waals surface area contributed by atoms with Crippen molar-refractivity contribution in [2.24, 2.45) is 0 Å². The number of nitrogens with one attached hydrogen (secondary N) is 1. The molecule has 1 saturated heterocycles. The summed E-state index contributed by atoms with van der Waals surface area (Å²) in [4.78, 5) is 2.51. The minimum atomic E-state index is 0.434.